The van der Waals surface area contributed by atoms with Gasteiger partial charge in [0.2, 0.25) is 0 Å². The molecular formula is C19H14BrN. The molecule has 0 amide bonds. The summed E-state index contributed by atoms with van der Waals surface area (Å²) in [4.78, 5) is 0. The Bertz CT molecular complexity index is 952. The molecule has 1 nitrogen and oxygen atoms in total. The van der Waals surface area contributed by atoms with Crippen molar-refractivity contribution in [2.75, 3.05) is 0 Å². The number of fused-ring (bicyclic) bond motifs is 3. The molecule has 4 aromatic rings. The lowest BCUT2D eigenvalue weighted by atomic mass is 10.1. The van der Waals surface area contributed by atoms with E-state index in [4.69, 9.17) is 0 Å². The van der Waals surface area contributed by atoms with Crippen molar-refractivity contribution in [3.63, 3.8) is 0 Å². The van der Waals surface area contributed by atoms with E-state index in [1.807, 2.05) is 0 Å². The van der Waals surface area contributed by atoms with Crippen molar-refractivity contribution < 1.29 is 0 Å². The van der Waals surface area contributed by atoms with Crippen LogP contribution in [0.25, 0.3) is 27.5 Å². The molecule has 102 valence electrons. The topological polar surface area (TPSA) is 4.93 Å². The van der Waals surface area contributed by atoms with E-state index >= 15 is 0 Å². The summed E-state index contributed by atoms with van der Waals surface area (Å²) in [6, 6.07) is 23.5. The monoisotopic (exact) mass is 335 g/mol. The molecule has 0 bridgehead atoms. The number of para-hydroxylation sites is 2. The van der Waals surface area contributed by atoms with E-state index in [0.717, 1.165) is 4.47 Å². The van der Waals surface area contributed by atoms with Gasteiger partial charge < -0.3 is 4.57 Å². The van der Waals surface area contributed by atoms with Gasteiger partial charge in [-0.25, -0.2) is 0 Å². The molecule has 0 aliphatic rings. The van der Waals surface area contributed by atoms with Gasteiger partial charge in [0.1, 0.15) is 0 Å². The Morgan fingerprint density at radius 3 is 2.29 bits per heavy atom. The third-order valence-corrected chi connectivity index (χ3v) is 4.91. The van der Waals surface area contributed by atoms with Gasteiger partial charge in [-0.05, 0) is 42.8 Å². The number of aromatic nitrogens is 1. The van der Waals surface area contributed by atoms with Crippen LogP contribution in [0, 0.1) is 6.92 Å². The molecule has 0 radical (unpaired) electrons. The Balaban J connectivity index is 2.26. The molecule has 1 aromatic heterocycles. The van der Waals surface area contributed by atoms with Crippen LogP contribution in [-0.2, 0) is 0 Å². The third kappa shape index (κ3) is 1.83. The van der Waals surface area contributed by atoms with Crippen molar-refractivity contribution in [3.05, 3.63) is 76.8 Å². The fraction of sp³-hybridized carbons (Fsp3) is 0.0526. The van der Waals surface area contributed by atoms with Gasteiger partial charge in [0, 0.05) is 20.9 Å². The number of benzene rings is 3. The van der Waals surface area contributed by atoms with Gasteiger partial charge in [-0.1, -0.05) is 52.3 Å². The molecule has 0 fully saturated rings. The van der Waals surface area contributed by atoms with Gasteiger partial charge in [-0.15, -0.1) is 0 Å². The molecular weight excluding hydrogens is 322 g/mol. The summed E-state index contributed by atoms with van der Waals surface area (Å²) >= 11 is 3.66. The highest BCUT2D eigenvalue weighted by Crippen LogP contribution is 2.36. The Hall–Kier alpha value is -2.06. The molecule has 0 unspecified atom stereocenters. The summed E-state index contributed by atoms with van der Waals surface area (Å²) in [5.41, 5.74) is 4.99. The van der Waals surface area contributed by atoms with Crippen molar-refractivity contribution in [3.8, 4) is 5.69 Å². The summed E-state index contributed by atoms with van der Waals surface area (Å²) in [6.45, 7) is 2.17. The van der Waals surface area contributed by atoms with Crippen LogP contribution in [-0.4, -0.2) is 4.57 Å². The number of hydrogen-bond donors (Lipinski definition) is 0. The standard InChI is InChI=1S/C19H14BrN/c1-13-16(20)11-12-18-19(13)15-9-5-6-10-17(15)21(18)14-7-3-2-4-8-14/h2-12H,1H3. The maximum atomic E-state index is 3.66. The molecule has 0 N–H and O–H groups in total. The minimum Gasteiger partial charge on any atom is -0.309 e. The van der Waals surface area contributed by atoms with Gasteiger partial charge in [0.25, 0.3) is 0 Å². The second-order valence-electron chi connectivity index (χ2n) is 5.25. The molecule has 0 aliphatic carbocycles. The lowest BCUT2D eigenvalue weighted by Crippen LogP contribution is -1.93. The zero-order valence-corrected chi connectivity index (χ0v) is 13.3. The van der Waals surface area contributed by atoms with Crippen LogP contribution in [0.15, 0.2) is 71.2 Å². The molecule has 0 saturated carbocycles. The number of aryl methyl sites for hydroxylation is 1. The second kappa shape index (κ2) is 4.74. The molecule has 1 heterocycles. The van der Waals surface area contributed by atoms with Crippen molar-refractivity contribution >= 4 is 37.7 Å². The van der Waals surface area contributed by atoms with Gasteiger partial charge in [-0.3, -0.25) is 0 Å². The first-order valence-electron chi connectivity index (χ1n) is 7.01. The minimum atomic E-state index is 1.16. The molecule has 4 rings (SSSR count). The molecule has 2 heteroatoms. The van der Waals surface area contributed by atoms with E-state index in [1.165, 1.54) is 33.1 Å². The predicted molar refractivity (Wildman–Crippen MR) is 93.2 cm³/mol. The zero-order chi connectivity index (χ0) is 14.4. The predicted octanol–water partition coefficient (Wildman–Crippen LogP) is 5.85. The van der Waals surface area contributed by atoms with Crippen LogP contribution < -0.4 is 0 Å². The van der Waals surface area contributed by atoms with Crippen molar-refractivity contribution in [1.29, 1.82) is 0 Å². The first kappa shape index (κ1) is 12.7. The quantitative estimate of drug-likeness (QED) is 0.411. The summed E-state index contributed by atoms with van der Waals surface area (Å²) in [5, 5.41) is 2.62. The van der Waals surface area contributed by atoms with E-state index < -0.39 is 0 Å². The summed E-state index contributed by atoms with van der Waals surface area (Å²) in [5.74, 6) is 0. The van der Waals surface area contributed by atoms with Crippen LogP contribution in [0.1, 0.15) is 5.56 Å². The van der Waals surface area contributed by atoms with Crippen LogP contribution in [0.4, 0.5) is 0 Å². The van der Waals surface area contributed by atoms with E-state index in [1.54, 1.807) is 0 Å². The lowest BCUT2D eigenvalue weighted by molar-refractivity contribution is 1.18. The van der Waals surface area contributed by atoms with E-state index in [2.05, 4.69) is 94.2 Å². The average molecular weight is 336 g/mol. The van der Waals surface area contributed by atoms with Gasteiger partial charge >= 0.3 is 0 Å². The molecule has 3 aromatic carbocycles. The Kier molecular flexibility index (Phi) is 2.86. The summed E-state index contributed by atoms with van der Waals surface area (Å²) < 4.78 is 3.50. The molecule has 0 saturated heterocycles. The molecule has 21 heavy (non-hydrogen) atoms. The van der Waals surface area contributed by atoms with E-state index in [-0.39, 0.29) is 0 Å². The second-order valence-corrected chi connectivity index (χ2v) is 6.11. The number of halogens is 1. The van der Waals surface area contributed by atoms with Crippen LogP contribution in [0.5, 0.6) is 0 Å². The SMILES string of the molecule is Cc1c(Br)ccc2c1c1ccccc1n2-c1ccccc1. The zero-order valence-electron chi connectivity index (χ0n) is 11.7. The number of rotatable bonds is 1. The fourth-order valence-corrected chi connectivity index (χ4v) is 3.39. The Labute approximate surface area is 132 Å². The smallest absolute Gasteiger partial charge is 0.0544 e. The third-order valence-electron chi connectivity index (χ3n) is 4.05. The number of nitrogens with zero attached hydrogens (tertiary/aromatic N) is 1. The lowest BCUT2D eigenvalue weighted by Gasteiger charge is -2.08. The molecule has 0 aliphatic heterocycles. The maximum absolute atomic E-state index is 3.66. The largest absolute Gasteiger partial charge is 0.309 e. The van der Waals surface area contributed by atoms with Gasteiger partial charge in [0.15, 0.2) is 0 Å². The highest BCUT2D eigenvalue weighted by atomic mass is 79.9. The van der Waals surface area contributed by atoms with Crippen molar-refractivity contribution in [2.24, 2.45) is 0 Å². The average Bonchev–Trinajstić information content (AvgIpc) is 2.87. The van der Waals surface area contributed by atoms with Crippen molar-refractivity contribution in [1.82, 2.24) is 4.57 Å². The summed E-state index contributed by atoms with van der Waals surface area (Å²) in [7, 11) is 0. The van der Waals surface area contributed by atoms with E-state index in [0.29, 0.717) is 0 Å². The Morgan fingerprint density at radius 1 is 0.762 bits per heavy atom. The first-order valence-corrected chi connectivity index (χ1v) is 7.80. The van der Waals surface area contributed by atoms with Crippen LogP contribution in [0.2, 0.25) is 0 Å². The normalized spacial score (nSPS) is 11.3. The van der Waals surface area contributed by atoms with Crippen molar-refractivity contribution in [2.45, 2.75) is 6.92 Å². The molecule has 0 spiro atoms. The van der Waals surface area contributed by atoms with Crippen LogP contribution >= 0.6 is 15.9 Å². The fourth-order valence-electron chi connectivity index (χ4n) is 3.06. The van der Waals surface area contributed by atoms with Crippen LogP contribution in [0.3, 0.4) is 0 Å². The summed E-state index contributed by atoms with van der Waals surface area (Å²) in [6.07, 6.45) is 0. The minimum absolute atomic E-state index is 1.16. The highest BCUT2D eigenvalue weighted by molar-refractivity contribution is 9.10. The van der Waals surface area contributed by atoms with E-state index in [9.17, 15) is 0 Å². The first-order chi connectivity index (χ1) is 10.3. The maximum Gasteiger partial charge on any atom is 0.0544 e. The Morgan fingerprint density at radius 2 is 1.48 bits per heavy atom. The van der Waals surface area contributed by atoms with Gasteiger partial charge in [0.05, 0.1) is 11.0 Å². The molecule has 0 atom stereocenters. The number of hydrogen-bond acceptors (Lipinski definition) is 0. The highest BCUT2D eigenvalue weighted by Gasteiger charge is 2.14. The van der Waals surface area contributed by atoms with Gasteiger partial charge in [-0.2, -0.15) is 0 Å².